The molecule has 1 rings (SSSR count). The molecule has 0 atom stereocenters. The highest BCUT2D eigenvalue weighted by Crippen LogP contribution is 2.24. The van der Waals surface area contributed by atoms with Crippen LogP contribution in [0.1, 0.15) is 0 Å². The van der Waals surface area contributed by atoms with Crippen molar-refractivity contribution in [2.45, 2.75) is 0 Å². The number of nitrogens with zero attached hydrogens (tertiary/aromatic N) is 1. The van der Waals surface area contributed by atoms with Gasteiger partial charge in [0.2, 0.25) is 0 Å². The predicted molar refractivity (Wildman–Crippen MR) is 40.1 cm³/mol. The number of hydrogen-bond donors (Lipinski definition) is 0. The lowest BCUT2D eigenvalue weighted by Gasteiger charge is -1.86. The molecule has 0 amide bonds. The van der Waals surface area contributed by atoms with Crippen LogP contribution in [0.25, 0.3) is 0 Å². The Hall–Kier alpha value is 0.400. The molecule has 0 N–H and O–H groups in total. The van der Waals surface area contributed by atoms with Crippen LogP contribution in [0, 0.1) is 0 Å². The summed E-state index contributed by atoms with van der Waals surface area (Å²) in [6.45, 7) is 0. The van der Waals surface area contributed by atoms with Gasteiger partial charge in [-0.15, -0.1) is 12.4 Å². The van der Waals surface area contributed by atoms with Crippen LogP contribution in [0.4, 0.5) is 0 Å². The third-order valence-electron chi connectivity index (χ3n) is 0.367. The van der Waals surface area contributed by atoms with E-state index >= 15 is 0 Å². The van der Waals surface area contributed by atoms with Crippen LogP contribution < -0.4 is 0 Å². The van der Waals surface area contributed by atoms with E-state index < -0.39 is 0 Å². The number of hydrogen-bond acceptors (Lipinski definition) is 3. The SMILES string of the molecule is C1=CSSN=C1.Cl. The second-order valence-electron chi connectivity index (χ2n) is 0.754. The van der Waals surface area contributed by atoms with Gasteiger partial charge in [-0.2, -0.15) is 0 Å². The van der Waals surface area contributed by atoms with Gasteiger partial charge < -0.3 is 0 Å². The van der Waals surface area contributed by atoms with E-state index in [0.717, 1.165) is 0 Å². The van der Waals surface area contributed by atoms with Crippen molar-refractivity contribution in [2.75, 3.05) is 0 Å². The van der Waals surface area contributed by atoms with Crippen molar-refractivity contribution < 1.29 is 0 Å². The lowest BCUT2D eigenvalue weighted by Crippen LogP contribution is -1.60. The molecule has 0 aromatic heterocycles. The second-order valence-corrected chi connectivity index (χ2v) is 2.60. The van der Waals surface area contributed by atoms with Crippen molar-refractivity contribution >= 4 is 40.4 Å². The first-order chi connectivity index (χ1) is 3.00. The minimum atomic E-state index is 0. The summed E-state index contributed by atoms with van der Waals surface area (Å²) < 4.78 is 3.84. The van der Waals surface area contributed by atoms with E-state index in [2.05, 4.69) is 4.40 Å². The molecule has 0 radical (unpaired) electrons. The van der Waals surface area contributed by atoms with E-state index in [1.54, 1.807) is 17.0 Å². The van der Waals surface area contributed by atoms with E-state index in [-0.39, 0.29) is 12.4 Å². The molecule has 0 unspecified atom stereocenters. The summed E-state index contributed by atoms with van der Waals surface area (Å²) in [5.41, 5.74) is 0. The van der Waals surface area contributed by atoms with Gasteiger partial charge in [0.1, 0.15) is 0 Å². The van der Waals surface area contributed by atoms with Gasteiger partial charge in [0.25, 0.3) is 0 Å². The Labute approximate surface area is 56.6 Å². The monoisotopic (exact) mass is 153 g/mol. The molecular formula is C3H4ClNS2. The molecule has 0 bridgehead atoms. The molecule has 0 aliphatic carbocycles. The Balaban J connectivity index is 0.000000360. The highest BCUT2D eigenvalue weighted by atomic mass is 35.5. The molecule has 40 valence electrons. The molecule has 0 saturated carbocycles. The van der Waals surface area contributed by atoms with Gasteiger partial charge in [-0.05, 0) is 22.3 Å². The van der Waals surface area contributed by atoms with Crippen molar-refractivity contribution in [3.05, 3.63) is 11.5 Å². The molecule has 7 heavy (non-hydrogen) atoms. The van der Waals surface area contributed by atoms with E-state index in [4.69, 9.17) is 0 Å². The minimum Gasteiger partial charge on any atom is -0.213 e. The summed E-state index contributed by atoms with van der Waals surface area (Å²) in [6, 6.07) is 0. The van der Waals surface area contributed by atoms with Gasteiger partial charge in [0.15, 0.2) is 0 Å². The summed E-state index contributed by atoms with van der Waals surface area (Å²) in [6.07, 6.45) is 3.70. The maximum atomic E-state index is 3.84. The standard InChI is InChI=1S/C3H3NS2.ClH/c1-2-4-6-5-3-1;/h1-3H;1H. The Kier molecular flexibility index (Phi) is 4.82. The molecular weight excluding hydrogens is 150 g/mol. The molecule has 0 aromatic carbocycles. The van der Waals surface area contributed by atoms with Gasteiger partial charge in [0, 0.05) is 17.2 Å². The lowest BCUT2D eigenvalue weighted by molar-refractivity contribution is 2.00. The maximum Gasteiger partial charge on any atom is 0.0480 e. The minimum absolute atomic E-state index is 0. The normalized spacial score (nSPS) is 16.0. The molecule has 1 aliphatic heterocycles. The van der Waals surface area contributed by atoms with E-state index in [1.165, 1.54) is 11.0 Å². The smallest absolute Gasteiger partial charge is 0.0480 e. The van der Waals surface area contributed by atoms with E-state index in [0.29, 0.717) is 0 Å². The van der Waals surface area contributed by atoms with Gasteiger partial charge in [-0.3, -0.25) is 0 Å². The van der Waals surface area contributed by atoms with Crippen LogP contribution in [0.5, 0.6) is 0 Å². The summed E-state index contributed by atoms with van der Waals surface area (Å²) >= 11 is 0. The Morgan fingerprint density at radius 1 is 1.43 bits per heavy atom. The van der Waals surface area contributed by atoms with E-state index in [1.807, 2.05) is 11.5 Å². The summed E-state index contributed by atoms with van der Waals surface area (Å²) in [7, 11) is 3.13. The molecule has 4 heteroatoms. The summed E-state index contributed by atoms with van der Waals surface area (Å²) in [5.74, 6) is 0. The average molecular weight is 154 g/mol. The van der Waals surface area contributed by atoms with Gasteiger partial charge in [-0.25, -0.2) is 4.40 Å². The molecule has 1 heterocycles. The molecule has 1 aliphatic rings. The van der Waals surface area contributed by atoms with Crippen molar-refractivity contribution in [3.8, 4) is 0 Å². The van der Waals surface area contributed by atoms with Crippen LogP contribution in [0.2, 0.25) is 0 Å². The molecule has 1 nitrogen and oxygen atoms in total. The zero-order chi connectivity index (χ0) is 4.24. The fourth-order valence-corrected chi connectivity index (χ4v) is 1.17. The first-order valence-corrected chi connectivity index (χ1v) is 3.68. The summed E-state index contributed by atoms with van der Waals surface area (Å²) in [5, 5.41) is 2.00. The highest BCUT2D eigenvalue weighted by Gasteiger charge is 1.79. The quantitative estimate of drug-likeness (QED) is 0.391. The fourth-order valence-electron chi connectivity index (χ4n) is 0.177. The topological polar surface area (TPSA) is 12.4 Å². The first-order valence-electron chi connectivity index (χ1n) is 1.51. The second kappa shape index (κ2) is 4.56. The highest BCUT2D eigenvalue weighted by molar-refractivity contribution is 8.77. The molecule has 0 fully saturated rings. The van der Waals surface area contributed by atoms with E-state index in [9.17, 15) is 0 Å². The number of halogens is 1. The van der Waals surface area contributed by atoms with Crippen molar-refractivity contribution in [1.82, 2.24) is 0 Å². The van der Waals surface area contributed by atoms with Crippen LogP contribution in [0.3, 0.4) is 0 Å². The Morgan fingerprint density at radius 3 is 2.43 bits per heavy atom. The average Bonchev–Trinajstić information content (AvgIpc) is 1.72. The Morgan fingerprint density at radius 2 is 2.29 bits per heavy atom. The molecule has 0 spiro atoms. The predicted octanol–water partition coefficient (Wildman–Crippen LogP) is 2.30. The van der Waals surface area contributed by atoms with Crippen LogP contribution in [0.15, 0.2) is 15.9 Å². The zero-order valence-corrected chi connectivity index (χ0v) is 5.85. The fraction of sp³-hybridized carbons (Fsp3) is 0. The molecule has 0 saturated heterocycles. The molecule has 0 aromatic rings. The van der Waals surface area contributed by atoms with Crippen LogP contribution >= 0.6 is 34.2 Å². The third-order valence-corrected chi connectivity index (χ3v) is 1.78. The lowest BCUT2D eigenvalue weighted by atomic mass is 10.7. The Bertz CT molecular complexity index is 78.9. The largest absolute Gasteiger partial charge is 0.213 e. The maximum absolute atomic E-state index is 3.84. The summed E-state index contributed by atoms with van der Waals surface area (Å²) in [4.78, 5) is 0. The zero-order valence-electron chi connectivity index (χ0n) is 3.40. The van der Waals surface area contributed by atoms with Crippen molar-refractivity contribution in [3.63, 3.8) is 0 Å². The van der Waals surface area contributed by atoms with Crippen molar-refractivity contribution in [1.29, 1.82) is 0 Å². The van der Waals surface area contributed by atoms with Crippen molar-refractivity contribution in [2.24, 2.45) is 4.40 Å². The van der Waals surface area contributed by atoms with Gasteiger partial charge in [-0.1, -0.05) is 0 Å². The van der Waals surface area contributed by atoms with Gasteiger partial charge >= 0.3 is 0 Å². The number of allylic oxidation sites excluding steroid dienone is 1. The van der Waals surface area contributed by atoms with Crippen LogP contribution in [-0.2, 0) is 0 Å². The number of rotatable bonds is 0. The van der Waals surface area contributed by atoms with Gasteiger partial charge in [0.05, 0.1) is 0 Å². The van der Waals surface area contributed by atoms with Crippen LogP contribution in [-0.4, -0.2) is 6.21 Å². The third kappa shape index (κ3) is 3.02. The first kappa shape index (κ1) is 7.40.